The molecule has 0 spiro atoms. The lowest BCUT2D eigenvalue weighted by Gasteiger charge is -2.42. The standard InChI is InChI=1S/C18H29ClN4O3/c1-25-16-13-23(11-6-5-10-20)12-9-15(16)18(19,21)26-22-17(24)14-7-3-2-4-8-14/h2-4,7-8,15-16H,5-6,9-13,20-21H2,1H3,(H,22,24). The predicted octanol–water partition coefficient (Wildman–Crippen LogP) is 1.28. The molecule has 0 aliphatic carbocycles. The third-order valence-corrected chi connectivity index (χ3v) is 5.07. The molecule has 1 fully saturated rings. The summed E-state index contributed by atoms with van der Waals surface area (Å²) in [4.78, 5) is 19.8. The van der Waals surface area contributed by atoms with E-state index >= 15 is 0 Å². The van der Waals surface area contributed by atoms with Gasteiger partial charge in [0.2, 0.25) is 5.18 Å². The Hall–Kier alpha value is -1.22. The minimum Gasteiger partial charge on any atom is -0.380 e. The molecule has 0 saturated carbocycles. The Labute approximate surface area is 159 Å². The van der Waals surface area contributed by atoms with Crippen molar-refractivity contribution >= 4 is 17.5 Å². The molecule has 7 nitrogen and oxygen atoms in total. The monoisotopic (exact) mass is 384 g/mol. The van der Waals surface area contributed by atoms with Crippen molar-refractivity contribution in [2.45, 2.75) is 30.6 Å². The Morgan fingerprint density at radius 3 is 2.77 bits per heavy atom. The summed E-state index contributed by atoms with van der Waals surface area (Å²) in [5.41, 5.74) is 14.5. The van der Waals surface area contributed by atoms with Crippen LogP contribution in [-0.2, 0) is 9.57 Å². The molecule has 146 valence electrons. The molecule has 1 aliphatic rings. The number of hydrogen-bond acceptors (Lipinski definition) is 6. The molecular formula is C18H29ClN4O3. The fourth-order valence-electron chi connectivity index (χ4n) is 3.20. The first-order valence-corrected chi connectivity index (χ1v) is 9.32. The number of hydrogen-bond donors (Lipinski definition) is 3. The van der Waals surface area contributed by atoms with E-state index in [4.69, 9.17) is 32.6 Å². The third-order valence-electron chi connectivity index (χ3n) is 4.72. The Morgan fingerprint density at radius 2 is 2.12 bits per heavy atom. The van der Waals surface area contributed by atoms with Gasteiger partial charge in [-0.15, -0.1) is 0 Å². The van der Waals surface area contributed by atoms with Crippen LogP contribution in [0.25, 0.3) is 0 Å². The number of alkyl halides is 1. The number of rotatable bonds is 9. The lowest BCUT2D eigenvalue weighted by molar-refractivity contribution is -0.126. The highest BCUT2D eigenvalue weighted by atomic mass is 35.5. The van der Waals surface area contributed by atoms with E-state index in [2.05, 4.69) is 10.4 Å². The van der Waals surface area contributed by atoms with Crippen molar-refractivity contribution in [3.05, 3.63) is 35.9 Å². The average molecular weight is 385 g/mol. The second kappa shape index (κ2) is 10.2. The molecule has 5 N–H and O–H groups in total. The normalized spacial score (nSPS) is 23.4. The van der Waals surface area contributed by atoms with Crippen molar-refractivity contribution in [2.75, 3.05) is 33.3 Å². The minimum absolute atomic E-state index is 0.183. The molecular weight excluding hydrogens is 356 g/mol. The van der Waals surface area contributed by atoms with Crippen molar-refractivity contribution in [1.29, 1.82) is 0 Å². The van der Waals surface area contributed by atoms with Gasteiger partial charge in [0.05, 0.1) is 6.10 Å². The topological polar surface area (TPSA) is 103 Å². The van der Waals surface area contributed by atoms with Gasteiger partial charge in [0.1, 0.15) is 0 Å². The minimum atomic E-state index is -1.55. The summed E-state index contributed by atoms with van der Waals surface area (Å²) in [5.74, 6) is -0.648. The number of nitrogens with two attached hydrogens (primary N) is 2. The van der Waals surface area contributed by atoms with Gasteiger partial charge in [-0.05, 0) is 51.0 Å². The number of carbonyl (C=O) groups excluding carboxylic acids is 1. The number of methoxy groups -OCH3 is 1. The van der Waals surface area contributed by atoms with Gasteiger partial charge < -0.3 is 15.4 Å². The Kier molecular flexibility index (Phi) is 8.27. The molecule has 1 aromatic carbocycles. The molecule has 0 aromatic heterocycles. The molecule has 3 unspecified atom stereocenters. The van der Waals surface area contributed by atoms with Crippen molar-refractivity contribution in [3.63, 3.8) is 0 Å². The highest BCUT2D eigenvalue weighted by molar-refractivity contribution is 6.22. The molecule has 26 heavy (non-hydrogen) atoms. The lowest BCUT2D eigenvalue weighted by Crippen LogP contribution is -2.58. The maximum Gasteiger partial charge on any atom is 0.274 e. The van der Waals surface area contributed by atoms with Crippen LogP contribution >= 0.6 is 11.6 Å². The van der Waals surface area contributed by atoms with Gasteiger partial charge in [-0.25, -0.2) is 10.3 Å². The SMILES string of the molecule is COC1CN(CCCCN)CCC1C(N)(Cl)ONC(=O)c1ccccc1. The maximum absolute atomic E-state index is 12.1. The average Bonchev–Trinajstić information content (AvgIpc) is 2.66. The number of carbonyl (C=O) groups is 1. The van der Waals surface area contributed by atoms with Crippen LogP contribution in [0.5, 0.6) is 0 Å². The first-order chi connectivity index (χ1) is 12.5. The number of benzene rings is 1. The zero-order valence-corrected chi connectivity index (χ0v) is 16.0. The summed E-state index contributed by atoms with van der Waals surface area (Å²) in [6.45, 7) is 3.23. The first-order valence-electron chi connectivity index (χ1n) is 8.94. The van der Waals surface area contributed by atoms with Crippen molar-refractivity contribution in [3.8, 4) is 0 Å². The molecule has 0 radical (unpaired) electrons. The van der Waals surface area contributed by atoms with Gasteiger partial charge in [-0.3, -0.25) is 10.5 Å². The van der Waals surface area contributed by atoms with Gasteiger partial charge in [-0.2, -0.15) is 0 Å². The van der Waals surface area contributed by atoms with Crippen LogP contribution in [0.2, 0.25) is 0 Å². The van der Waals surface area contributed by atoms with Gasteiger partial charge >= 0.3 is 0 Å². The van der Waals surface area contributed by atoms with Crippen LogP contribution < -0.4 is 16.9 Å². The molecule has 1 saturated heterocycles. The van der Waals surface area contributed by atoms with Crippen molar-refractivity contribution in [2.24, 2.45) is 17.4 Å². The summed E-state index contributed by atoms with van der Waals surface area (Å²) in [6, 6.07) is 8.74. The largest absolute Gasteiger partial charge is 0.380 e. The summed E-state index contributed by atoms with van der Waals surface area (Å²) < 4.78 is 5.59. The molecule has 1 aromatic rings. The zero-order chi connectivity index (χ0) is 19.0. The highest BCUT2D eigenvalue weighted by Gasteiger charge is 2.44. The predicted molar refractivity (Wildman–Crippen MR) is 101 cm³/mol. The van der Waals surface area contributed by atoms with Crippen LogP contribution in [0.3, 0.4) is 0 Å². The number of amides is 1. The molecule has 1 amide bonds. The third kappa shape index (κ3) is 5.90. The van der Waals surface area contributed by atoms with Crippen LogP contribution in [0, 0.1) is 5.92 Å². The molecule has 3 atom stereocenters. The van der Waals surface area contributed by atoms with Crippen molar-refractivity contribution < 1.29 is 14.4 Å². The Morgan fingerprint density at radius 1 is 1.38 bits per heavy atom. The fourth-order valence-corrected chi connectivity index (χ4v) is 3.49. The van der Waals surface area contributed by atoms with E-state index in [1.165, 1.54) is 0 Å². The van der Waals surface area contributed by atoms with Gasteiger partial charge in [0, 0.05) is 25.1 Å². The number of piperidine rings is 1. The number of ether oxygens (including phenoxy) is 1. The van der Waals surface area contributed by atoms with E-state index in [1.807, 2.05) is 6.07 Å². The Bertz CT molecular complexity index is 559. The van der Waals surface area contributed by atoms with Crippen molar-refractivity contribution in [1.82, 2.24) is 10.4 Å². The maximum atomic E-state index is 12.1. The van der Waals surface area contributed by atoms with Crippen LogP contribution in [0.1, 0.15) is 29.6 Å². The smallest absolute Gasteiger partial charge is 0.274 e. The summed E-state index contributed by atoms with van der Waals surface area (Å²) in [6.07, 6.45) is 2.58. The van der Waals surface area contributed by atoms with Crippen LogP contribution in [0.4, 0.5) is 0 Å². The molecule has 1 aliphatic heterocycles. The fraction of sp³-hybridized carbons (Fsp3) is 0.611. The number of likely N-dealkylation sites (tertiary alicyclic amines) is 1. The summed E-state index contributed by atoms with van der Waals surface area (Å²) in [7, 11) is 1.64. The summed E-state index contributed by atoms with van der Waals surface area (Å²) in [5, 5.41) is -1.55. The number of hydroxylamine groups is 1. The van der Waals surface area contributed by atoms with Crippen LogP contribution in [-0.4, -0.2) is 55.4 Å². The van der Waals surface area contributed by atoms with Gasteiger partial charge in [-0.1, -0.05) is 29.8 Å². The second-order valence-electron chi connectivity index (χ2n) is 6.56. The van der Waals surface area contributed by atoms with E-state index in [1.54, 1.807) is 31.4 Å². The molecule has 2 rings (SSSR count). The lowest BCUT2D eigenvalue weighted by atomic mass is 9.91. The van der Waals surface area contributed by atoms with E-state index in [0.717, 1.165) is 25.9 Å². The molecule has 0 bridgehead atoms. The number of nitrogens with zero attached hydrogens (tertiary/aromatic N) is 1. The summed E-state index contributed by atoms with van der Waals surface area (Å²) >= 11 is 6.42. The van der Waals surface area contributed by atoms with E-state index in [-0.39, 0.29) is 12.0 Å². The quantitative estimate of drug-likeness (QED) is 0.195. The highest BCUT2D eigenvalue weighted by Crippen LogP contribution is 2.32. The van der Waals surface area contributed by atoms with Crippen LogP contribution in [0.15, 0.2) is 30.3 Å². The van der Waals surface area contributed by atoms with Gasteiger partial charge in [0.15, 0.2) is 0 Å². The number of unbranched alkanes of at least 4 members (excludes halogenated alkanes) is 1. The molecule has 1 heterocycles. The Balaban J connectivity index is 1.89. The van der Waals surface area contributed by atoms with E-state index in [0.29, 0.717) is 25.1 Å². The van der Waals surface area contributed by atoms with Gasteiger partial charge in [0.25, 0.3) is 5.91 Å². The van der Waals surface area contributed by atoms with E-state index in [9.17, 15) is 4.79 Å². The van der Waals surface area contributed by atoms with E-state index < -0.39 is 11.1 Å². The zero-order valence-electron chi connectivity index (χ0n) is 15.2. The second-order valence-corrected chi connectivity index (χ2v) is 7.15. The molecule has 8 heteroatoms. The number of nitrogens with one attached hydrogen (secondary N) is 1. The number of halogens is 1. The first kappa shape index (κ1) is 21.1.